The van der Waals surface area contributed by atoms with Crippen molar-refractivity contribution in [1.29, 1.82) is 0 Å². The van der Waals surface area contributed by atoms with E-state index >= 15 is 0 Å². The molecule has 0 aromatic rings. The van der Waals surface area contributed by atoms with Crippen molar-refractivity contribution in [1.82, 2.24) is 10.2 Å². The van der Waals surface area contributed by atoms with E-state index < -0.39 is 0 Å². The zero-order valence-electron chi connectivity index (χ0n) is 9.84. The molecule has 1 rings (SSSR count). The van der Waals surface area contributed by atoms with Crippen molar-refractivity contribution < 1.29 is 0 Å². The van der Waals surface area contributed by atoms with Crippen molar-refractivity contribution in [3.8, 4) is 0 Å². The lowest BCUT2D eigenvalue weighted by atomic mass is 10.1. The van der Waals surface area contributed by atoms with Crippen molar-refractivity contribution in [2.45, 2.75) is 39.7 Å². The molecule has 0 spiro atoms. The fourth-order valence-electron chi connectivity index (χ4n) is 1.80. The summed E-state index contributed by atoms with van der Waals surface area (Å²) in [5, 5.41) is 3.48. The molecule has 0 bridgehead atoms. The van der Waals surface area contributed by atoms with Crippen LogP contribution in [-0.2, 0) is 0 Å². The summed E-state index contributed by atoms with van der Waals surface area (Å²) in [5.41, 5.74) is 1.55. The van der Waals surface area contributed by atoms with Crippen molar-refractivity contribution in [2.24, 2.45) is 0 Å². The van der Waals surface area contributed by atoms with Gasteiger partial charge in [0, 0.05) is 25.7 Å². The minimum absolute atomic E-state index is 0.672. The van der Waals surface area contributed by atoms with Gasteiger partial charge in [0.05, 0.1) is 0 Å². The maximum absolute atomic E-state index is 3.48. The SMILES string of the molecule is CCCNCC(C)N1CC=C(C)CC1. The Morgan fingerprint density at radius 2 is 2.36 bits per heavy atom. The van der Waals surface area contributed by atoms with E-state index in [1.54, 1.807) is 5.57 Å². The van der Waals surface area contributed by atoms with E-state index in [0.717, 1.165) is 19.6 Å². The van der Waals surface area contributed by atoms with Crippen LogP contribution in [0.5, 0.6) is 0 Å². The lowest BCUT2D eigenvalue weighted by Gasteiger charge is -2.31. The first-order valence-corrected chi connectivity index (χ1v) is 5.84. The fraction of sp³-hybridized carbons (Fsp3) is 0.833. The summed E-state index contributed by atoms with van der Waals surface area (Å²) in [6, 6.07) is 0.672. The van der Waals surface area contributed by atoms with Crippen molar-refractivity contribution >= 4 is 0 Å². The second kappa shape index (κ2) is 6.20. The number of rotatable bonds is 5. The van der Waals surface area contributed by atoms with Crippen molar-refractivity contribution in [3.63, 3.8) is 0 Å². The van der Waals surface area contributed by atoms with Gasteiger partial charge in [-0.25, -0.2) is 0 Å². The molecule has 1 aliphatic rings. The van der Waals surface area contributed by atoms with Crippen LogP contribution in [0.1, 0.15) is 33.6 Å². The molecule has 0 aliphatic carbocycles. The number of hydrogen-bond donors (Lipinski definition) is 1. The molecule has 1 unspecified atom stereocenters. The lowest BCUT2D eigenvalue weighted by molar-refractivity contribution is 0.220. The molecule has 0 amide bonds. The van der Waals surface area contributed by atoms with Crippen LogP contribution < -0.4 is 5.32 Å². The summed E-state index contributed by atoms with van der Waals surface area (Å²) >= 11 is 0. The van der Waals surface area contributed by atoms with Gasteiger partial charge in [-0.3, -0.25) is 4.90 Å². The van der Waals surface area contributed by atoms with Crippen LogP contribution >= 0.6 is 0 Å². The minimum atomic E-state index is 0.672. The second-order valence-electron chi connectivity index (χ2n) is 4.35. The normalized spacial score (nSPS) is 20.6. The van der Waals surface area contributed by atoms with E-state index in [2.05, 4.69) is 37.1 Å². The van der Waals surface area contributed by atoms with Crippen LogP contribution in [0, 0.1) is 0 Å². The van der Waals surface area contributed by atoms with Gasteiger partial charge in [-0.1, -0.05) is 18.6 Å². The maximum atomic E-state index is 3.48. The predicted molar refractivity (Wildman–Crippen MR) is 62.6 cm³/mol. The van der Waals surface area contributed by atoms with E-state index in [9.17, 15) is 0 Å². The van der Waals surface area contributed by atoms with Crippen LogP contribution in [0.15, 0.2) is 11.6 Å². The molecule has 0 saturated heterocycles. The Kier molecular flexibility index (Phi) is 5.20. The second-order valence-corrected chi connectivity index (χ2v) is 4.35. The molecule has 0 saturated carbocycles. The molecule has 0 aromatic carbocycles. The average molecular weight is 196 g/mol. The standard InChI is InChI=1S/C12H24N2/c1-4-7-13-10-12(3)14-8-5-11(2)6-9-14/h5,12-13H,4,6-10H2,1-3H3. The van der Waals surface area contributed by atoms with Crippen LogP contribution in [0.3, 0.4) is 0 Å². The van der Waals surface area contributed by atoms with Gasteiger partial charge in [-0.2, -0.15) is 0 Å². The van der Waals surface area contributed by atoms with E-state index in [-0.39, 0.29) is 0 Å². The highest BCUT2D eigenvalue weighted by Crippen LogP contribution is 2.11. The molecular formula is C12H24N2. The summed E-state index contributed by atoms with van der Waals surface area (Å²) in [7, 11) is 0. The van der Waals surface area contributed by atoms with E-state index in [0.29, 0.717) is 6.04 Å². The summed E-state index contributed by atoms with van der Waals surface area (Å²) in [6.07, 6.45) is 4.84. The van der Waals surface area contributed by atoms with Gasteiger partial charge in [0.25, 0.3) is 0 Å². The van der Waals surface area contributed by atoms with Gasteiger partial charge in [0.15, 0.2) is 0 Å². The smallest absolute Gasteiger partial charge is 0.0195 e. The third-order valence-electron chi connectivity index (χ3n) is 2.96. The monoisotopic (exact) mass is 196 g/mol. The zero-order chi connectivity index (χ0) is 10.4. The molecule has 2 nitrogen and oxygen atoms in total. The summed E-state index contributed by atoms with van der Waals surface area (Å²) in [5.74, 6) is 0. The Morgan fingerprint density at radius 1 is 1.57 bits per heavy atom. The van der Waals surface area contributed by atoms with E-state index in [4.69, 9.17) is 0 Å². The van der Waals surface area contributed by atoms with E-state index in [1.165, 1.54) is 19.4 Å². The van der Waals surface area contributed by atoms with Gasteiger partial charge >= 0.3 is 0 Å². The first-order valence-electron chi connectivity index (χ1n) is 5.84. The summed E-state index contributed by atoms with van der Waals surface area (Å²) < 4.78 is 0. The molecule has 1 heterocycles. The Morgan fingerprint density at radius 3 is 2.93 bits per heavy atom. The van der Waals surface area contributed by atoms with Crippen molar-refractivity contribution in [3.05, 3.63) is 11.6 Å². The number of nitrogens with zero attached hydrogens (tertiary/aromatic N) is 1. The van der Waals surface area contributed by atoms with Crippen LogP contribution in [0.2, 0.25) is 0 Å². The lowest BCUT2D eigenvalue weighted by Crippen LogP contribution is -2.42. The first-order chi connectivity index (χ1) is 6.74. The fourth-order valence-corrected chi connectivity index (χ4v) is 1.80. The van der Waals surface area contributed by atoms with Crippen LogP contribution in [0.25, 0.3) is 0 Å². The third kappa shape index (κ3) is 3.81. The predicted octanol–water partition coefficient (Wildman–Crippen LogP) is 2.03. The Labute approximate surface area is 88.4 Å². The van der Waals surface area contributed by atoms with Gasteiger partial charge in [-0.15, -0.1) is 0 Å². The highest BCUT2D eigenvalue weighted by Gasteiger charge is 2.14. The molecule has 1 aliphatic heterocycles. The Balaban J connectivity index is 2.21. The summed E-state index contributed by atoms with van der Waals surface area (Å²) in [4.78, 5) is 2.55. The third-order valence-corrected chi connectivity index (χ3v) is 2.96. The average Bonchev–Trinajstić information content (AvgIpc) is 2.19. The number of hydrogen-bond acceptors (Lipinski definition) is 2. The molecule has 2 heteroatoms. The first kappa shape index (κ1) is 11.7. The topological polar surface area (TPSA) is 15.3 Å². The molecule has 1 N–H and O–H groups in total. The molecule has 0 aromatic heterocycles. The van der Waals surface area contributed by atoms with Crippen LogP contribution in [0.4, 0.5) is 0 Å². The minimum Gasteiger partial charge on any atom is -0.315 e. The molecule has 82 valence electrons. The van der Waals surface area contributed by atoms with Gasteiger partial charge in [0.1, 0.15) is 0 Å². The molecule has 1 atom stereocenters. The summed E-state index contributed by atoms with van der Waals surface area (Å²) in [6.45, 7) is 11.4. The van der Waals surface area contributed by atoms with E-state index in [1.807, 2.05) is 0 Å². The molecule has 14 heavy (non-hydrogen) atoms. The quantitative estimate of drug-likeness (QED) is 0.534. The molecule has 0 fully saturated rings. The highest BCUT2D eigenvalue weighted by atomic mass is 15.2. The molecular weight excluding hydrogens is 172 g/mol. The van der Waals surface area contributed by atoms with Gasteiger partial charge < -0.3 is 5.32 Å². The Hall–Kier alpha value is -0.340. The highest BCUT2D eigenvalue weighted by molar-refractivity contribution is 5.04. The van der Waals surface area contributed by atoms with Crippen LogP contribution in [-0.4, -0.2) is 37.1 Å². The largest absolute Gasteiger partial charge is 0.315 e. The van der Waals surface area contributed by atoms with Crippen molar-refractivity contribution in [2.75, 3.05) is 26.2 Å². The maximum Gasteiger partial charge on any atom is 0.0195 e. The Bertz CT molecular complexity index is 187. The number of nitrogens with one attached hydrogen (secondary N) is 1. The zero-order valence-corrected chi connectivity index (χ0v) is 9.84. The van der Waals surface area contributed by atoms with Gasteiger partial charge in [-0.05, 0) is 33.2 Å². The molecule has 0 radical (unpaired) electrons. The van der Waals surface area contributed by atoms with Gasteiger partial charge in [0.2, 0.25) is 0 Å².